The highest BCUT2D eigenvalue weighted by molar-refractivity contribution is 6.15. The summed E-state index contributed by atoms with van der Waals surface area (Å²) in [5.74, 6) is 1.91. The van der Waals surface area contributed by atoms with Crippen LogP contribution in [0.15, 0.2) is 192 Å². The molecule has 0 fully saturated rings. The van der Waals surface area contributed by atoms with E-state index in [0.29, 0.717) is 17.5 Å². The predicted octanol–water partition coefficient (Wildman–Crippen LogP) is 14.7. The Kier molecular flexibility index (Phi) is 7.54. The van der Waals surface area contributed by atoms with Crippen LogP contribution in [-0.2, 0) is 5.41 Å². The molecule has 1 aliphatic rings. The van der Waals surface area contributed by atoms with E-state index >= 15 is 0 Å². The van der Waals surface area contributed by atoms with E-state index in [-0.39, 0.29) is 5.41 Å². The fraction of sp³-hybridized carbons (Fsp3) is 0.0536. The van der Waals surface area contributed by atoms with Crippen molar-refractivity contribution in [1.82, 2.24) is 15.0 Å². The highest BCUT2D eigenvalue weighted by Gasteiger charge is 2.38. The molecule has 0 amide bonds. The number of hydrogen-bond acceptors (Lipinski definition) is 4. The first-order valence-corrected chi connectivity index (χ1v) is 20.5. The van der Waals surface area contributed by atoms with E-state index < -0.39 is 0 Å². The summed E-state index contributed by atoms with van der Waals surface area (Å²) >= 11 is 0. The Labute approximate surface area is 347 Å². The second-order valence-corrected chi connectivity index (χ2v) is 16.3. The quantitative estimate of drug-likeness (QED) is 0.164. The first-order valence-electron chi connectivity index (χ1n) is 20.5. The third-order valence-corrected chi connectivity index (χ3v) is 12.5. The van der Waals surface area contributed by atoms with Crippen LogP contribution in [0.4, 0.5) is 0 Å². The fourth-order valence-electron chi connectivity index (χ4n) is 9.69. The zero-order chi connectivity index (χ0) is 40.0. The minimum atomic E-state index is -0.238. The van der Waals surface area contributed by atoms with E-state index in [4.69, 9.17) is 19.4 Å². The molecule has 0 unspecified atom stereocenters. The van der Waals surface area contributed by atoms with Crippen LogP contribution in [0, 0.1) is 0 Å². The van der Waals surface area contributed by atoms with Crippen LogP contribution in [0.3, 0.4) is 0 Å². The SMILES string of the molecule is CC1(C)c2ccccc2-c2cccc(-c3nc(-c4ccccc4)nc(-c4ccccc4-c4cccc5oc6ccc(-c7ccc8ccc9ccccc9c8c7)cc6c45)n3)c21. The van der Waals surface area contributed by atoms with Gasteiger partial charge in [-0.3, -0.25) is 0 Å². The molecule has 282 valence electrons. The van der Waals surface area contributed by atoms with Crippen molar-refractivity contribution in [2.45, 2.75) is 19.3 Å². The summed E-state index contributed by atoms with van der Waals surface area (Å²) in [4.78, 5) is 15.8. The number of aromatic nitrogens is 3. The van der Waals surface area contributed by atoms with Crippen LogP contribution in [-0.4, -0.2) is 15.0 Å². The maximum atomic E-state index is 6.58. The average Bonchev–Trinajstić information content (AvgIpc) is 3.80. The number of benzene rings is 9. The zero-order valence-electron chi connectivity index (χ0n) is 33.1. The molecule has 1 aliphatic carbocycles. The van der Waals surface area contributed by atoms with E-state index in [1.54, 1.807) is 0 Å². The Morgan fingerprint density at radius 2 is 0.950 bits per heavy atom. The van der Waals surface area contributed by atoms with Crippen molar-refractivity contribution in [2.75, 3.05) is 0 Å². The average molecular weight is 768 g/mol. The lowest BCUT2D eigenvalue weighted by Crippen LogP contribution is -2.17. The van der Waals surface area contributed by atoms with E-state index in [1.807, 2.05) is 18.2 Å². The molecule has 0 N–H and O–H groups in total. The Morgan fingerprint density at radius 3 is 1.80 bits per heavy atom. The van der Waals surface area contributed by atoms with Gasteiger partial charge in [0.1, 0.15) is 11.2 Å². The van der Waals surface area contributed by atoms with Crippen molar-refractivity contribution in [1.29, 1.82) is 0 Å². The van der Waals surface area contributed by atoms with Crippen LogP contribution in [0.2, 0.25) is 0 Å². The van der Waals surface area contributed by atoms with Gasteiger partial charge in [-0.15, -0.1) is 0 Å². The molecule has 2 heterocycles. The van der Waals surface area contributed by atoms with Crippen LogP contribution in [0.1, 0.15) is 25.0 Å². The van der Waals surface area contributed by atoms with Crippen LogP contribution in [0.5, 0.6) is 0 Å². The summed E-state index contributed by atoms with van der Waals surface area (Å²) in [6, 6.07) is 66.6. The fourth-order valence-corrected chi connectivity index (χ4v) is 9.69. The minimum absolute atomic E-state index is 0.238. The van der Waals surface area contributed by atoms with Gasteiger partial charge in [0.25, 0.3) is 0 Å². The van der Waals surface area contributed by atoms with Gasteiger partial charge in [0.05, 0.1) is 0 Å². The molecule has 4 nitrogen and oxygen atoms in total. The third kappa shape index (κ3) is 5.27. The maximum Gasteiger partial charge on any atom is 0.164 e. The molecule has 60 heavy (non-hydrogen) atoms. The molecule has 0 saturated carbocycles. The van der Waals surface area contributed by atoms with Gasteiger partial charge in [0.2, 0.25) is 0 Å². The highest BCUT2D eigenvalue weighted by Crippen LogP contribution is 2.52. The summed E-state index contributed by atoms with van der Waals surface area (Å²) in [6.07, 6.45) is 0. The van der Waals surface area contributed by atoms with Gasteiger partial charge in [0.15, 0.2) is 17.5 Å². The third-order valence-electron chi connectivity index (χ3n) is 12.5. The number of furan rings is 1. The molecule has 9 aromatic carbocycles. The van der Waals surface area contributed by atoms with E-state index in [0.717, 1.165) is 60.9 Å². The first-order chi connectivity index (χ1) is 29.5. The van der Waals surface area contributed by atoms with Crippen LogP contribution >= 0.6 is 0 Å². The van der Waals surface area contributed by atoms with Crippen molar-refractivity contribution < 1.29 is 4.42 Å². The Balaban J connectivity index is 1.05. The largest absolute Gasteiger partial charge is 0.456 e. The molecule has 2 aromatic heterocycles. The Bertz CT molecular complexity index is 3530. The summed E-state index contributed by atoms with van der Waals surface area (Å²) in [5.41, 5.74) is 13.7. The minimum Gasteiger partial charge on any atom is -0.456 e. The monoisotopic (exact) mass is 767 g/mol. The molecule has 0 saturated heterocycles. The first kappa shape index (κ1) is 34.4. The van der Waals surface area contributed by atoms with Crippen molar-refractivity contribution in [3.63, 3.8) is 0 Å². The lowest BCUT2D eigenvalue weighted by molar-refractivity contribution is 0.661. The highest BCUT2D eigenvalue weighted by atomic mass is 16.3. The molecule has 12 rings (SSSR count). The molecular weight excluding hydrogens is 731 g/mol. The summed E-state index contributed by atoms with van der Waals surface area (Å²) in [6.45, 7) is 4.61. The van der Waals surface area contributed by atoms with Gasteiger partial charge < -0.3 is 4.42 Å². The van der Waals surface area contributed by atoms with Crippen molar-refractivity contribution >= 4 is 43.5 Å². The lowest BCUT2D eigenvalue weighted by atomic mass is 9.80. The summed E-state index contributed by atoms with van der Waals surface area (Å²) < 4.78 is 6.58. The Morgan fingerprint density at radius 1 is 0.367 bits per heavy atom. The van der Waals surface area contributed by atoms with E-state index in [2.05, 4.69) is 184 Å². The van der Waals surface area contributed by atoms with Crippen molar-refractivity contribution in [3.8, 4) is 67.5 Å². The van der Waals surface area contributed by atoms with Gasteiger partial charge >= 0.3 is 0 Å². The van der Waals surface area contributed by atoms with Crippen LogP contribution < -0.4 is 0 Å². The topological polar surface area (TPSA) is 51.8 Å². The normalized spacial score (nSPS) is 13.0. The predicted molar refractivity (Wildman–Crippen MR) is 247 cm³/mol. The van der Waals surface area contributed by atoms with Crippen molar-refractivity contribution in [2.24, 2.45) is 0 Å². The molecular formula is C56H37N3O. The van der Waals surface area contributed by atoms with Crippen molar-refractivity contribution in [3.05, 3.63) is 199 Å². The van der Waals surface area contributed by atoms with E-state index in [9.17, 15) is 0 Å². The molecule has 0 atom stereocenters. The molecule has 11 aromatic rings. The molecule has 0 aliphatic heterocycles. The lowest BCUT2D eigenvalue weighted by Gasteiger charge is -2.24. The van der Waals surface area contributed by atoms with E-state index in [1.165, 1.54) is 43.8 Å². The molecule has 0 spiro atoms. The number of fused-ring (bicyclic) bond motifs is 9. The molecule has 0 bridgehead atoms. The van der Waals surface area contributed by atoms with Crippen LogP contribution in [0.25, 0.3) is 111 Å². The zero-order valence-corrected chi connectivity index (χ0v) is 33.1. The second-order valence-electron chi connectivity index (χ2n) is 16.3. The summed E-state index contributed by atoms with van der Waals surface area (Å²) in [7, 11) is 0. The Hall–Kier alpha value is -7.69. The standard InChI is InChI=1S/C56H37N3O/c1-56(2)48-24-11-10-19-41(48)43-22-12-23-45(52(43)56)55-58-53(36-15-4-3-5-16-36)57-54(59-55)44-20-9-8-18-40(44)42-21-13-25-50-51(42)47-33-38(30-31-49(47)60-50)37-29-28-35-27-26-34-14-6-7-17-39(34)46(35)32-37/h3-33H,1-2H3. The number of hydrogen-bond donors (Lipinski definition) is 0. The number of rotatable bonds is 5. The number of nitrogens with zero attached hydrogens (tertiary/aromatic N) is 3. The molecule has 0 radical (unpaired) electrons. The summed E-state index contributed by atoms with van der Waals surface area (Å²) in [5, 5.41) is 7.10. The molecule has 4 heteroatoms. The maximum absolute atomic E-state index is 6.58. The smallest absolute Gasteiger partial charge is 0.164 e. The van der Waals surface area contributed by atoms with Gasteiger partial charge in [-0.2, -0.15) is 0 Å². The van der Waals surface area contributed by atoms with Gasteiger partial charge in [0, 0.05) is 32.9 Å². The van der Waals surface area contributed by atoms with Gasteiger partial charge in [-0.1, -0.05) is 178 Å². The second kappa shape index (κ2) is 13.2. The van der Waals surface area contributed by atoms with Gasteiger partial charge in [-0.25, -0.2) is 15.0 Å². The van der Waals surface area contributed by atoms with Gasteiger partial charge in [-0.05, 0) is 90.3 Å².